The lowest BCUT2D eigenvalue weighted by molar-refractivity contribution is 0.269. The van der Waals surface area contributed by atoms with Crippen LogP contribution in [0.1, 0.15) is 11.1 Å². The average Bonchev–Trinajstić information content (AvgIpc) is 2.79. The Hall–Kier alpha value is -1.33. The maximum absolute atomic E-state index is 8.82. The van der Waals surface area contributed by atoms with Gasteiger partial charge in [-0.1, -0.05) is 6.07 Å². The van der Waals surface area contributed by atoms with Crippen molar-refractivity contribution in [3.05, 3.63) is 46.2 Å². The van der Waals surface area contributed by atoms with Crippen LogP contribution in [0.25, 0.3) is 0 Å². The van der Waals surface area contributed by atoms with E-state index >= 15 is 0 Å². The Morgan fingerprint density at radius 2 is 2.28 bits per heavy atom. The highest BCUT2D eigenvalue weighted by atomic mass is 79.9. The molecule has 96 valence electrons. The van der Waals surface area contributed by atoms with Gasteiger partial charge in [-0.05, 0) is 40.5 Å². The van der Waals surface area contributed by atoms with E-state index in [9.17, 15) is 0 Å². The lowest BCUT2D eigenvalue weighted by atomic mass is 10.2. The van der Waals surface area contributed by atoms with Gasteiger partial charge in [-0.15, -0.1) is 0 Å². The molecule has 0 bridgehead atoms. The van der Waals surface area contributed by atoms with Crippen LogP contribution in [0.5, 0.6) is 0 Å². The standard InChI is InChI=1S/C13H16BrN3O/c1-10-2-3-12(14)13(6-10)15-7-11-8-16-17(9-11)4-5-18/h2-3,6,8-9,15,18H,4-5,7H2,1H3. The largest absolute Gasteiger partial charge is 0.394 e. The molecule has 2 aromatic rings. The molecule has 18 heavy (non-hydrogen) atoms. The monoisotopic (exact) mass is 309 g/mol. The second-order valence-electron chi connectivity index (χ2n) is 4.17. The van der Waals surface area contributed by atoms with Crippen molar-refractivity contribution in [2.24, 2.45) is 0 Å². The first kappa shape index (κ1) is 13.1. The van der Waals surface area contributed by atoms with Gasteiger partial charge in [0.15, 0.2) is 0 Å². The lowest BCUT2D eigenvalue weighted by Crippen LogP contribution is -2.02. The van der Waals surface area contributed by atoms with Crippen molar-refractivity contribution in [3.8, 4) is 0 Å². The van der Waals surface area contributed by atoms with Gasteiger partial charge in [0.2, 0.25) is 0 Å². The highest BCUT2D eigenvalue weighted by Crippen LogP contribution is 2.23. The Kier molecular flexibility index (Phi) is 4.38. The first-order valence-corrected chi connectivity index (χ1v) is 6.60. The first-order valence-electron chi connectivity index (χ1n) is 5.81. The molecule has 5 heteroatoms. The van der Waals surface area contributed by atoms with E-state index in [1.54, 1.807) is 4.68 Å². The first-order chi connectivity index (χ1) is 8.69. The zero-order valence-electron chi connectivity index (χ0n) is 10.2. The number of nitrogens with one attached hydrogen (secondary N) is 1. The normalized spacial score (nSPS) is 10.6. The molecule has 0 amide bonds. The number of benzene rings is 1. The van der Waals surface area contributed by atoms with Crippen LogP contribution in [-0.4, -0.2) is 21.5 Å². The molecule has 0 aliphatic carbocycles. The third-order valence-electron chi connectivity index (χ3n) is 2.62. The molecule has 0 spiro atoms. The van der Waals surface area contributed by atoms with E-state index < -0.39 is 0 Å². The van der Waals surface area contributed by atoms with Gasteiger partial charge < -0.3 is 10.4 Å². The molecule has 1 aromatic carbocycles. The predicted octanol–water partition coefficient (Wildman–Crippen LogP) is 2.56. The van der Waals surface area contributed by atoms with Crippen molar-refractivity contribution < 1.29 is 5.11 Å². The Morgan fingerprint density at radius 1 is 1.44 bits per heavy atom. The zero-order chi connectivity index (χ0) is 13.0. The zero-order valence-corrected chi connectivity index (χ0v) is 11.8. The molecule has 0 saturated carbocycles. The van der Waals surface area contributed by atoms with Crippen LogP contribution >= 0.6 is 15.9 Å². The van der Waals surface area contributed by atoms with E-state index in [1.165, 1.54) is 5.56 Å². The van der Waals surface area contributed by atoms with E-state index in [0.29, 0.717) is 13.1 Å². The molecule has 2 rings (SSSR count). The predicted molar refractivity (Wildman–Crippen MR) is 75.5 cm³/mol. The van der Waals surface area contributed by atoms with Crippen LogP contribution in [-0.2, 0) is 13.1 Å². The molecule has 2 N–H and O–H groups in total. The summed E-state index contributed by atoms with van der Waals surface area (Å²) in [6.45, 7) is 3.43. The van der Waals surface area contributed by atoms with E-state index in [-0.39, 0.29) is 6.61 Å². The van der Waals surface area contributed by atoms with E-state index in [1.807, 2.05) is 18.5 Å². The average molecular weight is 310 g/mol. The summed E-state index contributed by atoms with van der Waals surface area (Å²) in [7, 11) is 0. The van der Waals surface area contributed by atoms with E-state index in [2.05, 4.69) is 45.4 Å². The molecule has 0 fully saturated rings. The van der Waals surface area contributed by atoms with Gasteiger partial charge in [0.1, 0.15) is 0 Å². The fourth-order valence-corrected chi connectivity index (χ4v) is 2.08. The molecule has 0 radical (unpaired) electrons. The quantitative estimate of drug-likeness (QED) is 0.892. The number of halogens is 1. The molecule has 0 saturated heterocycles. The van der Waals surface area contributed by atoms with Crippen molar-refractivity contribution in [1.82, 2.24) is 9.78 Å². The third-order valence-corrected chi connectivity index (χ3v) is 3.31. The van der Waals surface area contributed by atoms with Gasteiger partial charge in [0.25, 0.3) is 0 Å². The highest BCUT2D eigenvalue weighted by molar-refractivity contribution is 9.10. The van der Waals surface area contributed by atoms with E-state index in [0.717, 1.165) is 15.7 Å². The topological polar surface area (TPSA) is 50.1 Å². The van der Waals surface area contributed by atoms with Crippen molar-refractivity contribution >= 4 is 21.6 Å². The fraction of sp³-hybridized carbons (Fsp3) is 0.308. The highest BCUT2D eigenvalue weighted by Gasteiger charge is 2.02. The smallest absolute Gasteiger partial charge is 0.0640 e. The minimum atomic E-state index is 0.109. The lowest BCUT2D eigenvalue weighted by Gasteiger charge is -2.08. The number of hydrogen-bond donors (Lipinski definition) is 2. The molecular weight excluding hydrogens is 294 g/mol. The molecule has 1 aromatic heterocycles. The van der Waals surface area contributed by atoms with Crippen molar-refractivity contribution in [1.29, 1.82) is 0 Å². The minimum Gasteiger partial charge on any atom is -0.394 e. The SMILES string of the molecule is Cc1ccc(Br)c(NCc2cnn(CCO)c2)c1. The molecule has 4 nitrogen and oxygen atoms in total. The summed E-state index contributed by atoms with van der Waals surface area (Å²) in [5, 5.41) is 16.3. The Labute approximate surface area is 115 Å². The van der Waals surface area contributed by atoms with Gasteiger partial charge >= 0.3 is 0 Å². The Bertz CT molecular complexity index is 525. The number of hydrogen-bond acceptors (Lipinski definition) is 3. The maximum Gasteiger partial charge on any atom is 0.0640 e. The number of aromatic nitrogens is 2. The summed E-state index contributed by atoms with van der Waals surface area (Å²) in [5.74, 6) is 0. The van der Waals surface area contributed by atoms with Crippen molar-refractivity contribution in [2.45, 2.75) is 20.0 Å². The molecular formula is C13H16BrN3O. The summed E-state index contributed by atoms with van der Waals surface area (Å²) in [6.07, 6.45) is 3.75. The molecule has 0 aliphatic rings. The summed E-state index contributed by atoms with van der Waals surface area (Å²) < 4.78 is 2.79. The summed E-state index contributed by atoms with van der Waals surface area (Å²) in [5.41, 5.74) is 3.39. The minimum absolute atomic E-state index is 0.109. The molecule has 0 aliphatic heterocycles. The second kappa shape index (κ2) is 6.02. The number of aryl methyl sites for hydroxylation is 1. The number of nitrogens with zero attached hydrogens (tertiary/aromatic N) is 2. The molecule has 0 atom stereocenters. The van der Waals surface area contributed by atoms with Crippen LogP contribution in [0.15, 0.2) is 35.1 Å². The maximum atomic E-state index is 8.82. The van der Waals surface area contributed by atoms with Crippen LogP contribution in [0.3, 0.4) is 0 Å². The molecule has 0 unspecified atom stereocenters. The van der Waals surface area contributed by atoms with Crippen molar-refractivity contribution in [3.63, 3.8) is 0 Å². The summed E-state index contributed by atoms with van der Waals surface area (Å²) in [4.78, 5) is 0. The van der Waals surface area contributed by atoms with Gasteiger partial charge in [0.05, 0.1) is 19.3 Å². The van der Waals surface area contributed by atoms with Crippen LogP contribution in [0.2, 0.25) is 0 Å². The summed E-state index contributed by atoms with van der Waals surface area (Å²) in [6, 6.07) is 6.20. The Morgan fingerprint density at radius 3 is 3.06 bits per heavy atom. The van der Waals surface area contributed by atoms with Crippen molar-refractivity contribution in [2.75, 3.05) is 11.9 Å². The third kappa shape index (κ3) is 3.34. The fourth-order valence-electron chi connectivity index (χ4n) is 1.69. The van der Waals surface area contributed by atoms with Gasteiger partial charge in [0, 0.05) is 28.5 Å². The van der Waals surface area contributed by atoms with Crippen LogP contribution < -0.4 is 5.32 Å². The Balaban J connectivity index is 1.99. The van der Waals surface area contributed by atoms with Gasteiger partial charge in [-0.2, -0.15) is 5.10 Å². The van der Waals surface area contributed by atoms with Crippen LogP contribution in [0.4, 0.5) is 5.69 Å². The number of aliphatic hydroxyl groups is 1. The number of aliphatic hydroxyl groups excluding tert-OH is 1. The summed E-state index contributed by atoms with van der Waals surface area (Å²) >= 11 is 3.52. The van der Waals surface area contributed by atoms with Crippen LogP contribution in [0, 0.1) is 6.92 Å². The number of anilines is 1. The second-order valence-corrected chi connectivity index (χ2v) is 5.03. The van der Waals surface area contributed by atoms with Gasteiger partial charge in [-0.25, -0.2) is 0 Å². The van der Waals surface area contributed by atoms with E-state index in [4.69, 9.17) is 5.11 Å². The number of rotatable bonds is 5. The van der Waals surface area contributed by atoms with Gasteiger partial charge in [-0.3, -0.25) is 4.68 Å². The molecule has 1 heterocycles.